The molecule has 1 fully saturated rings. The van der Waals surface area contributed by atoms with Gasteiger partial charge in [-0.05, 0) is 45.0 Å². The van der Waals surface area contributed by atoms with Gasteiger partial charge in [-0.25, -0.2) is 9.18 Å². The first-order valence-electron chi connectivity index (χ1n) is 7.91. The zero-order chi connectivity index (χ0) is 16.9. The topological polar surface area (TPSA) is 42.0 Å². The van der Waals surface area contributed by atoms with Crippen LogP contribution in [0.25, 0.3) is 0 Å². The summed E-state index contributed by atoms with van der Waals surface area (Å²) in [6.07, 6.45) is -0.257. The third kappa shape index (κ3) is 5.30. The van der Waals surface area contributed by atoms with Gasteiger partial charge >= 0.3 is 6.09 Å². The van der Waals surface area contributed by atoms with Crippen molar-refractivity contribution in [1.82, 2.24) is 4.90 Å². The number of carbonyl (C=O) groups is 1. The minimum atomic E-state index is -0.492. The highest BCUT2D eigenvalue weighted by atomic mass is 19.1. The maximum atomic E-state index is 12.1. The minimum absolute atomic E-state index is 0.0773. The molecule has 1 aromatic rings. The molecule has 1 heterocycles. The molecule has 0 atom stereocenters. The number of rotatable bonds is 4. The number of halogens is 1. The molecule has 0 spiro atoms. The molecular weight excluding hydrogens is 299 g/mol. The summed E-state index contributed by atoms with van der Waals surface area (Å²) >= 11 is 0. The normalized spacial score (nSPS) is 15.5. The molecule has 1 saturated heterocycles. The zero-order valence-electron chi connectivity index (χ0n) is 14.0. The van der Waals surface area contributed by atoms with E-state index in [9.17, 15) is 9.18 Å². The summed E-state index contributed by atoms with van der Waals surface area (Å²) in [5.41, 5.74) is 0.602. The second kappa shape index (κ2) is 7.53. The molecule has 0 N–H and O–H groups in total. The molecule has 0 saturated carbocycles. The number of piperazine rings is 1. The van der Waals surface area contributed by atoms with E-state index in [4.69, 9.17) is 9.47 Å². The second-order valence-corrected chi connectivity index (χ2v) is 6.49. The molecule has 0 aliphatic carbocycles. The number of alkyl halides is 1. The van der Waals surface area contributed by atoms with E-state index in [0.29, 0.717) is 18.8 Å². The summed E-state index contributed by atoms with van der Waals surface area (Å²) in [5.74, 6) is 0.666. The lowest BCUT2D eigenvalue weighted by Gasteiger charge is -2.36. The maximum absolute atomic E-state index is 12.1. The number of hydrogen-bond acceptors (Lipinski definition) is 4. The first-order chi connectivity index (χ1) is 10.9. The van der Waals surface area contributed by atoms with Gasteiger partial charge in [0, 0.05) is 31.9 Å². The van der Waals surface area contributed by atoms with Gasteiger partial charge in [0.05, 0.1) is 0 Å². The van der Waals surface area contributed by atoms with Gasteiger partial charge in [-0.15, -0.1) is 0 Å². The predicted octanol–water partition coefficient (Wildman–Crippen LogP) is 3.09. The molecular formula is C17H25FN2O3. The fourth-order valence-corrected chi connectivity index (χ4v) is 2.38. The SMILES string of the molecule is CC(C)(C)OC(=O)N1CCN(c2ccc(OCCF)cc2)CC1. The highest BCUT2D eigenvalue weighted by Gasteiger charge is 2.25. The Morgan fingerprint density at radius 2 is 1.74 bits per heavy atom. The van der Waals surface area contributed by atoms with Gasteiger partial charge in [-0.3, -0.25) is 0 Å². The molecule has 2 rings (SSSR count). The zero-order valence-corrected chi connectivity index (χ0v) is 14.0. The highest BCUT2D eigenvalue weighted by Crippen LogP contribution is 2.21. The lowest BCUT2D eigenvalue weighted by atomic mass is 10.2. The predicted molar refractivity (Wildman–Crippen MR) is 87.9 cm³/mol. The van der Waals surface area contributed by atoms with Crippen LogP contribution in [-0.2, 0) is 4.74 Å². The standard InChI is InChI=1S/C17H25FN2O3/c1-17(2,3)23-16(21)20-11-9-19(10-12-20)14-4-6-15(7-5-14)22-13-8-18/h4-7H,8-13H2,1-3H3. The van der Waals surface area contributed by atoms with Crippen molar-refractivity contribution in [3.05, 3.63) is 24.3 Å². The third-order valence-corrected chi connectivity index (χ3v) is 3.48. The van der Waals surface area contributed by atoms with Crippen molar-refractivity contribution in [3.63, 3.8) is 0 Å². The molecule has 0 aromatic heterocycles. The van der Waals surface area contributed by atoms with Crippen LogP contribution >= 0.6 is 0 Å². The van der Waals surface area contributed by atoms with Gasteiger partial charge in [0.1, 0.15) is 24.6 Å². The number of hydrogen-bond donors (Lipinski definition) is 0. The number of ether oxygens (including phenoxy) is 2. The van der Waals surface area contributed by atoms with Crippen LogP contribution < -0.4 is 9.64 Å². The monoisotopic (exact) mass is 324 g/mol. The van der Waals surface area contributed by atoms with E-state index in [0.717, 1.165) is 18.8 Å². The van der Waals surface area contributed by atoms with E-state index < -0.39 is 12.3 Å². The van der Waals surface area contributed by atoms with Crippen molar-refractivity contribution in [1.29, 1.82) is 0 Å². The number of benzene rings is 1. The highest BCUT2D eigenvalue weighted by molar-refractivity contribution is 5.68. The molecule has 1 aliphatic heterocycles. The Morgan fingerprint density at radius 3 is 2.26 bits per heavy atom. The number of nitrogens with zero attached hydrogens (tertiary/aromatic N) is 2. The summed E-state index contributed by atoms with van der Waals surface area (Å²) in [5, 5.41) is 0. The van der Waals surface area contributed by atoms with Crippen LogP contribution in [0, 0.1) is 0 Å². The first kappa shape index (κ1) is 17.4. The van der Waals surface area contributed by atoms with E-state index in [1.165, 1.54) is 0 Å². The summed E-state index contributed by atoms with van der Waals surface area (Å²) in [7, 11) is 0. The van der Waals surface area contributed by atoms with Crippen molar-refractivity contribution in [2.45, 2.75) is 26.4 Å². The molecule has 23 heavy (non-hydrogen) atoms. The van der Waals surface area contributed by atoms with Crippen LogP contribution in [0.3, 0.4) is 0 Å². The van der Waals surface area contributed by atoms with E-state index >= 15 is 0 Å². The van der Waals surface area contributed by atoms with E-state index in [1.807, 2.05) is 45.0 Å². The van der Waals surface area contributed by atoms with E-state index in [2.05, 4.69) is 4.90 Å². The fourth-order valence-electron chi connectivity index (χ4n) is 2.38. The molecule has 5 nitrogen and oxygen atoms in total. The number of amides is 1. The Bertz CT molecular complexity index is 506. The van der Waals surface area contributed by atoms with Crippen molar-refractivity contribution >= 4 is 11.8 Å². The Hall–Kier alpha value is -1.98. The molecule has 1 amide bonds. The molecule has 128 valence electrons. The third-order valence-electron chi connectivity index (χ3n) is 3.48. The van der Waals surface area contributed by atoms with E-state index in [1.54, 1.807) is 4.90 Å². The average Bonchev–Trinajstić information content (AvgIpc) is 2.52. The largest absolute Gasteiger partial charge is 0.491 e. The van der Waals surface area contributed by atoms with Gasteiger partial charge in [-0.1, -0.05) is 0 Å². The maximum Gasteiger partial charge on any atom is 0.410 e. The Balaban J connectivity index is 1.85. The van der Waals surface area contributed by atoms with Crippen molar-refractivity contribution in [2.24, 2.45) is 0 Å². The van der Waals surface area contributed by atoms with Crippen LogP contribution in [0.4, 0.5) is 14.9 Å². The molecule has 6 heteroatoms. The summed E-state index contributed by atoms with van der Waals surface area (Å²) < 4.78 is 22.7. The number of anilines is 1. The van der Waals surface area contributed by atoms with Crippen LogP contribution in [0.15, 0.2) is 24.3 Å². The van der Waals surface area contributed by atoms with Crippen molar-refractivity contribution < 1.29 is 18.7 Å². The fraction of sp³-hybridized carbons (Fsp3) is 0.588. The smallest absolute Gasteiger partial charge is 0.410 e. The number of carbonyl (C=O) groups excluding carboxylic acids is 1. The molecule has 0 radical (unpaired) electrons. The van der Waals surface area contributed by atoms with Gasteiger partial charge < -0.3 is 19.3 Å². The molecule has 0 unspecified atom stereocenters. The van der Waals surface area contributed by atoms with Gasteiger partial charge in [0.15, 0.2) is 0 Å². The molecule has 0 bridgehead atoms. The summed E-state index contributed by atoms with van der Waals surface area (Å²) in [6.45, 7) is 7.97. The summed E-state index contributed by atoms with van der Waals surface area (Å²) in [6, 6.07) is 7.59. The quantitative estimate of drug-likeness (QED) is 0.853. The Kier molecular flexibility index (Phi) is 5.69. The summed E-state index contributed by atoms with van der Waals surface area (Å²) in [4.78, 5) is 16.0. The van der Waals surface area contributed by atoms with Gasteiger partial charge in [0.2, 0.25) is 0 Å². The van der Waals surface area contributed by atoms with Crippen LogP contribution in [0.5, 0.6) is 5.75 Å². The van der Waals surface area contributed by atoms with Crippen LogP contribution in [0.1, 0.15) is 20.8 Å². The van der Waals surface area contributed by atoms with Crippen molar-refractivity contribution in [3.8, 4) is 5.75 Å². The van der Waals surface area contributed by atoms with Crippen molar-refractivity contribution in [2.75, 3.05) is 44.4 Å². The van der Waals surface area contributed by atoms with Gasteiger partial charge in [-0.2, -0.15) is 0 Å². The molecule has 1 aliphatic rings. The first-order valence-corrected chi connectivity index (χ1v) is 7.91. The average molecular weight is 324 g/mol. The van der Waals surface area contributed by atoms with Crippen LogP contribution in [0.2, 0.25) is 0 Å². The lowest BCUT2D eigenvalue weighted by molar-refractivity contribution is 0.0240. The Morgan fingerprint density at radius 1 is 1.13 bits per heavy atom. The Labute approximate surface area is 137 Å². The lowest BCUT2D eigenvalue weighted by Crippen LogP contribution is -2.50. The van der Waals surface area contributed by atoms with Crippen LogP contribution in [-0.4, -0.2) is 56.1 Å². The van der Waals surface area contributed by atoms with E-state index in [-0.39, 0.29) is 12.7 Å². The second-order valence-electron chi connectivity index (χ2n) is 6.49. The minimum Gasteiger partial charge on any atom is -0.491 e. The van der Waals surface area contributed by atoms with Gasteiger partial charge in [0.25, 0.3) is 0 Å². The molecule has 1 aromatic carbocycles.